The number of esters is 1. The van der Waals surface area contributed by atoms with Gasteiger partial charge in [-0.25, -0.2) is 0 Å². The standard InChI is InChI=1S/C9H16I2NO3/c1-5(2)6(14-4)15-8(13)9(3,10)7-11-12-7/h5-7,12H,1-4H3/q-1. The Labute approximate surface area is 115 Å². The molecule has 3 unspecified atom stereocenters. The van der Waals surface area contributed by atoms with E-state index in [0.717, 1.165) is 0 Å². The number of methoxy groups -OCH3 is 1. The summed E-state index contributed by atoms with van der Waals surface area (Å²) in [6.45, 7) is 5.84. The fraction of sp³-hybridized carbons (Fsp3) is 0.889. The van der Waals surface area contributed by atoms with Crippen molar-refractivity contribution in [2.75, 3.05) is 7.11 Å². The summed E-state index contributed by atoms with van der Waals surface area (Å²) in [5, 5.41) is 0. The van der Waals surface area contributed by atoms with E-state index in [4.69, 9.17) is 9.47 Å². The topological polar surface area (TPSA) is 57.5 Å². The molecule has 0 amide bonds. The van der Waals surface area contributed by atoms with Crippen LogP contribution < -0.4 is 25.0 Å². The Morgan fingerprint density at radius 2 is 2.13 bits per heavy atom. The third kappa shape index (κ3) is 3.67. The number of halogens is 2. The van der Waals surface area contributed by atoms with Gasteiger partial charge >= 0.3 is 115 Å². The van der Waals surface area contributed by atoms with E-state index in [1.165, 1.54) is 0 Å². The van der Waals surface area contributed by atoms with Gasteiger partial charge in [0.15, 0.2) is 0 Å². The van der Waals surface area contributed by atoms with Crippen molar-refractivity contribution in [3.63, 3.8) is 0 Å². The Balaban J connectivity index is 2.53. The summed E-state index contributed by atoms with van der Waals surface area (Å²) in [5.41, 5.74) is 0. The molecule has 0 bridgehead atoms. The summed E-state index contributed by atoms with van der Waals surface area (Å²) in [6.07, 6.45) is -0.441. The Morgan fingerprint density at radius 1 is 1.60 bits per heavy atom. The molecule has 0 spiro atoms. The Bertz CT molecular complexity index is 242. The zero-order valence-corrected chi connectivity index (χ0v) is 13.5. The van der Waals surface area contributed by atoms with Crippen LogP contribution in [0.4, 0.5) is 0 Å². The number of hydrogen-bond acceptors (Lipinski definition) is 4. The van der Waals surface area contributed by atoms with Gasteiger partial charge in [-0.2, -0.15) is 0 Å². The molecule has 1 saturated heterocycles. The molecular weight excluding hydrogens is 424 g/mol. The molecule has 90 valence electrons. The van der Waals surface area contributed by atoms with Gasteiger partial charge in [-0.3, -0.25) is 0 Å². The summed E-state index contributed by atoms with van der Waals surface area (Å²) in [4.78, 5) is 11.9. The fourth-order valence-electron chi connectivity index (χ4n) is 1.02. The van der Waals surface area contributed by atoms with Crippen molar-refractivity contribution < 1.29 is 35.7 Å². The second-order valence-corrected chi connectivity index (χ2v) is 8.64. The molecule has 1 aliphatic rings. The minimum absolute atomic E-state index is 0.00541. The first-order valence-corrected chi connectivity index (χ1v) is 8.10. The van der Waals surface area contributed by atoms with Crippen LogP contribution >= 0.6 is 22.6 Å². The fourth-order valence-corrected chi connectivity index (χ4v) is 4.33. The zero-order valence-electron chi connectivity index (χ0n) is 9.21. The van der Waals surface area contributed by atoms with Gasteiger partial charge < -0.3 is 0 Å². The first-order valence-electron chi connectivity index (χ1n) is 4.70. The monoisotopic (exact) mass is 440 g/mol. The molecule has 1 fully saturated rings. The average molecular weight is 440 g/mol. The van der Waals surface area contributed by atoms with Crippen LogP contribution in [0.1, 0.15) is 20.8 Å². The summed E-state index contributed by atoms with van der Waals surface area (Å²) in [5.74, 6) is -0.00800. The number of alkyl halides is 2. The third-order valence-corrected chi connectivity index (χ3v) is 6.84. The molecule has 0 aromatic heterocycles. The maximum atomic E-state index is 11.9. The Kier molecular flexibility index (Phi) is 5.06. The van der Waals surface area contributed by atoms with Crippen LogP contribution in [0.5, 0.6) is 0 Å². The van der Waals surface area contributed by atoms with Gasteiger partial charge in [0.1, 0.15) is 0 Å². The third-order valence-electron chi connectivity index (χ3n) is 2.09. The summed E-state index contributed by atoms with van der Waals surface area (Å²) < 4.78 is 13.6. The van der Waals surface area contributed by atoms with Gasteiger partial charge in [0.25, 0.3) is 0 Å². The van der Waals surface area contributed by atoms with E-state index in [1.807, 2.05) is 20.8 Å². The Hall–Kier alpha value is 0.850. The number of hydrogen-bond donors (Lipinski definition) is 1. The van der Waals surface area contributed by atoms with Crippen LogP contribution in [-0.2, 0) is 14.3 Å². The van der Waals surface area contributed by atoms with Gasteiger partial charge in [0.2, 0.25) is 0 Å². The maximum absolute atomic E-state index is 11.9. The van der Waals surface area contributed by atoms with Crippen LogP contribution in [0.25, 0.3) is 0 Å². The number of ether oxygens (including phenoxy) is 2. The van der Waals surface area contributed by atoms with Gasteiger partial charge in [-0.15, -0.1) is 0 Å². The molecule has 1 heterocycles. The molecular formula is C9H16I2NO3-. The molecule has 0 radical (unpaired) electrons. The van der Waals surface area contributed by atoms with Crippen molar-refractivity contribution in [3.8, 4) is 0 Å². The van der Waals surface area contributed by atoms with Crippen LogP contribution in [0.15, 0.2) is 0 Å². The summed E-state index contributed by atoms with van der Waals surface area (Å²) >= 11 is 2.17. The van der Waals surface area contributed by atoms with E-state index in [1.54, 1.807) is 7.11 Å². The zero-order chi connectivity index (χ0) is 11.6. The van der Waals surface area contributed by atoms with E-state index < -0.39 is 9.71 Å². The predicted molar refractivity (Wildman–Crippen MR) is 61.1 cm³/mol. The minimum atomic E-state index is -0.448. The average Bonchev–Trinajstić information content (AvgIpc) is 2.95. The summed E-state index contributed by atoms with van der Waals surface area (Å²) in [6, 6.07) is 0. The van der Waals surface area contributed by atoms with Crippen LogP contribution in [0, 0.1) is 5.92 Å². The SMILES string of the molecule is COC(OC(=O)C(C)(I)C1N[I-]1)C(C)C. The number of carbonyl (C=O) groups excluding carboxylic acids is 1. The molecule has 0 aromatic carbocycles. The second kappa shape index (κ2) is 5.46. The molecule has 1 N–H and O–H groups in total. The van der Waals surface area contributed by atoms with Crippen molar-refractivity contribution in [1.82, 2.24) is 3.53 Å². The van der Waals surface area contributed by atoms with Crippen LogP contribution in [-0.4, -0.2) is 26.8 Å². The second-order valence-electron chi connectivity index (χ2n) is 3.91. The van der Waals surface area contributed by atoms with E-state index in [2.05, 4.69) is 26.1 Å². The van der Waals surface area contributed by atoms with Gasteiger partial charge in [-0.05, 0) is 0 Å². The van der Waals surface area contributed by atoms with Crippen molar-refractivity contribution in [3.05, 3.63) is 0 Å². The number of carbonyl (C=O) groups is 1. The van der Waals surface area contributed by atoms with Crippen molar-refractivity contribution >= 4 is 28.6 Å². The van der Waals surface area contributed by atoms with Gasteiger partial charge in [0, 0.05) is 0 Å². The van der Waals surface area contributed by atoms with Crippen LogP contribution in [0.3, 0.4) is 0 Å². The van der Waals surface area contributed by atoms with Crippen molar-refractivity contribution in [1.29, 1.82) is 0 Å². The van der Waals surface area contributed by atoms with E-state index in [-0.39, 0.29) is 33.4 Å². The quantitative estimate of drug-likeness (QED) is 0.105. The number of nitrogens with one attached hydrogen (secondary N) is 1. The van der Waals surface area contributed by atoms with E-state index >= 15 is 0 Å². The van der Waals surface area contributed by atoms with E-state index in [0.29, 0.717) is 4.05 Å². The predicted octanol–water partition coefficient (Wildman–Crippen LogP) is -1.71. The van der Waals surface area contributed by atoms with E-state index in [9.17, 15) is 4.79 Å². The molecule has 15 heavy (non-hydrogen) atoms. The molecule has 6 heteroatoms. The molecule has 1 aliphatic heterocycles. The Morgan fingerprint density at radius 3 is 2.47 bits per heavy atom. The molecule has 1 rings (SSSR count). The molecule has 0 aromatic rings. The van der Waals surface area contributed by atoms with Gasteiger partial charge in [0.05, 0.1) is 0 Å². The first-order chi connectivity index (χ1) is 6.89. The molecule has 3 atom stereocenters. The summed E-state index contributed by atoms with van der Waals surface area (Å²) in [7, 11) is 1.56. The first kappa shape index (κ1) is 13.9. The van der Waals surface area contributed by atoms with Crippen LogP contribution in [0.2, 0.25) is 0 Å². The molecule has 0 saturated carbocycles. The van der Waals surface area contributed by atoms with Gasteiger partial charge in [-0.1, -0.05) is 0 Å². The molecule has 4 nitrogen and oxygen atoms in total. The van der Waals surface area contributed by atoms with Crippen molar-refractivity contribution in [2.24, 2.45) is 5.92 Å². The molecule has 0 aliphatic carbocycles. The normalized spacial score (nSPS) is 26.4. The van der Waals surface area contributed by atoms with Crippen molar-refractivity contribution in [2.45, 2.75) is 34.5 Å². The number of rotatable bonds is 5.